The molecule has 0 amide bonds. The second-order valence-corrected chi connectivity index (χ2v) is 4.87. The van der Waals surface area contributed by atoms with Gasteiger partial charge in [0, 0.05) is 32.4 Å². The Morgan fingerprint density at radius 1 is 1.29 bits per heavy atom. The summed E-state index contributed by atoms with van der Waals surface area (Å²) in [6.07, 6.45) is -3.83. The SMILES string of the molecule is O=C(O)CC(N1CCN(c2ccccn2)CC1)C(F)(F)F. The fourth-order valence-corrected chi connectivity index (χ4v) is 2.42. The number of carboxylic acids is 1. The van der Waals surface area contributed by atoms with Crippen LogP contribution in [0.5, 0.6) is 0 Å². The zero-order valence-corrected chi connectivity index (χ0v) is 11.3. The van der Waals surface area contributed by atoms with Crippen molar-refractivity contribution in [1.29, 1.82) is 0 Å². The number of aromatic nitrogens is 1. The third-order valence-corrected chi connectivity index (χ3v) is 3.47. The van der Waals surface area contributed by atoms with E-state index in [-0.39, 0.29) is 13.1 Å². The van der Waals surface area contributed by atoms with Gasteiger partial charge in [-0.3, -0.25) is 9.69 Å². The molecule has 0 aromatic carbocycles. The highest BCUT2D eigenvalue weighted by Gasteiger charge is 2.45. The summed E-state index contributed by atoms with van der Waals surface area (Å²) in [7, 11) is 0. The van der Waals surface area contributed by atoms with Gasteiger partial charge in [0.2, 0.25) is 0 Å². The number of halogens is 3. The maximum atomic E-state index is 13.0. The van der Waals surface area contributed by atoms with E-state index in [1.54, 1.807) is 18.3 Å². The Balaban J connectivity index is 2.00. The molecule has 1 saturated heterocycles. The van der Waals surface area contributed by atoms with Crippen LogP contribution in [0.3, 0.4) is 0 Å². The quantitative estimate of drug-likeness (QED) is 0.916. The molecule has 1 N–H and O–H groups in total. The molecule has 0 bridgehead atoms. The molecule has 1 aromatic heterocycles. The van der Waals surface area contributed by atoms with Crippen LogP contribution in [0.1, 0.15) is 6.42 Å². The first-order valence-corrected chi connectivity index (χ1v) is 6.56. The van der Waals surface area contributed by atoms with Crippen molar-refractivity contribution in [3.63, 3.8) is 0 Å². The van der Waals surface area contributed by atoms with Crippen LogP contribution in [0.2, 0.25) is 0 Å². The lowest BCUT2D eigenvalue weighted by Gasteiger charge is -2.39. The van der Waals surface area contributed by atoms with Gasteiger partial charge in [-0.2, -0.15) is 13.2 Å². The molecule has 8 heteroatoms. The molecule has 116 valence electrons. The van der Waals surface area contributed by atoms with Crippen molar-refractivity contribution in [3.8, 4) is 0 Å². The fourth-order valence-electron chi connectivity index (χ4n) is 2.42. The van der Waals surface area contributed by atoms with Gasteiger partial charge in [-0.25, -0.2) is 4.98 Å². The lowest BCUT2D eigenvalue weighted by Crippen LogP contribution is -2.55. The summed E-state index contributed by atoms with van der Waals surface area (Å²) in [6.45, 7) is 1.11. The number of aliphatic carboxylic acids is 1. The molecule has 0 saturated carbocycles. The zero-order valence-electron chi connectivity index (χ0n) is 11.3. The number of pyridine rings is 1. The molecular formula is C13H16F3N3O2. The van der Waals surface area contributed by atoms with Gasteiger partial charge in [0.05, 0.1) is 6.42 Å². The number of carbonyl (C=O) groups is 1. The minimum Gasteiger partial charge on any atom is -0.481 e. The summed E-state index contributed by atoms with van der Waals surface area (Å²) in [4.78, 5) is 17.9. The van der Waals surface area contributed by atoms with Crippen LogP contribution in [0, 0.1) is 0 Å². The third-order valence-electron chi connectivity index (χ3n) is 3.47. The Morgan fingerprint density at radius 3 is 2.43 bits per heavy atom. The molecule has 1 aliphatic rings. The first kappa shape index (κ1) is 15.6. The summed E-state index contributed by atoms with van der Waals surface area (Å²) < 4.78 is 38.9. The zero-order chi connectivity index (χ0) is 15.5. The standard InChI is InChI=1S/C13H16F3N3O2/c14-13(15,16)10(9-12(20)21)18-5-7-19(8-6-18)11-3-1-2-4-17-11/h1-4,10H,5-9H2,(H,20,21). The Bertz CT molecular complexity index is 473. The summed E-state index contributed by atoms with van der Waals surface area (Å²) in [5.41, 5.74) is 0. The van der Waals surface area contributed by atoms with Gasteiger partial charge < -0.3 is 10.0 Å². The van der Waals surface area contributed by atoms with Gasteiger partial charge in [-0.05, 0) is 12.1 Å². The highest BCUT2D eigenvalue weighted by atomic mass is 19.4. The Morgan fingerprint density at radius 2 is 1.95 bits per heavy atom. The smallest absolute Gasteiger partial charge is 0.404 e. The molecule has 2 heterocycles. The number of hydrogen-bond acceptors (Lipinski definition) is 4. The predicted molar refractivity (Wildman–Crippen MR) is 70.1 cm³/mol. The van der Waals surface area contributed by atoms with Crippen LogP contribution in [0.4, 0.5) is 19.0 Å². The second-order valence-electron chi connectivity index (χ2n) is 4.87. The minimum absolute atomic E-state index is 0.161. The fraction of sp³-hybridized carbons (Fsp3) is 0.538. The van der Waals surface area contributed by atoms with Crippen LogP contribution in [-0.4, -0.2) is 59.4 Å². The van der Waals surface area contributed by atoms with E-state index < -0.39 is 24.6 Å². The minimum atomic E-state index is -4.54. The molecule has 1 aromatic rings. The van der Waals surface area contributed by atoms with Crippen molar-refractivity contribution in [1.82, 2.24) is 9.88 Å². The average molecular weight is 303 g/mol. The monoisotopic (exact) mass is 303 g/mol. The molecular weight excluding hydrogens is 287 g/mol. The van der Waals surface area contributed by atoms with Crippen molar-refractivity contribution in [3.05, 3.63) is 24.4 Å². The van der Waals surface area contributed by atoms with Gasteiger partial charge in [-0.1, -0.05) is 6.07 Å². The van der Waals surface area contributed by atoms with Crippen LogP contribution >= 0.6 is 0 Å². The summed E-state index contributed by atoms with van der Waals surface area (Å²) in [5.74, 6) is -0.719. The lowest BCUT2D eigenvalue weighted by atomic mass is 10.1. The molecule has 0 spiro atoms. The van der Waals surface area contributed by atoms with E-state index in [1.807, 2.05) is 11.0 Å². The number of hydrogen-bond donors (Lipinski definition) is 1. The highest BCUT2D eigenvalue weighted by Crippen LogP contribution is 2.28. The predicted octanol–water partition coefficient (Wildman–Crippen LogP) is 1.61. The maximum absolute atomic E-state index is 13.0. The van der Waals surface area contributed by atoms with E-state index in [2.05, 4.69) is 4.98 Å². The van der Waals surface area contributed by atoms with E-state index in [4.69, 9.17) is 5.11 Å². The Hall–Kier alpha value is -1.83. The third kappa shape index (κ3) is 4.07. The lowest BCUT2D eigenvalue weighted by molar-refractivity contribution is -0.191. The molecule has 0 radical (unpaired) electrons. The van der Waals surface area contributed by atoms with Gasteiger partial charge in [0.25, 0.3) is 0 Å². The number of anilines is 1. The molecule has 1 aliphatic heterocycles. The van der Waals surface area contributed by atoms with Crippen LogP contribution < -0.4 is 4.90 Å². The Kier molecular flexibility index (Phi) is 4.66. The number of rotatable bonds is 4. The van der Waals surface area contributed by atoms with Crippen molar-refractivity contribution >= 4 is 11.8 Å². The molecule has 1 fully saturated rings. The Labute approximate surface area is 120 Å². The number of piperazine rings is 1. The maximum Gasteiger partial charge on any atom is 0.404 e. The molecule has 5 nitrogen and oxygen atoms in total. The van der Waals surface area contributed by atoms with E-state index >= 15 is 0 Å². The van der Waals surface area contributed by atoms with Crippen LogP contribution in [0.25, 0.3) is 0 Å². The van der Waals surface area contributed by atoms with Gasteiger partial charge in [-0.15, -0.1) is 0 Å². The molecule has 1 unspecified atom stereocenters. The van der Waals surface area contributed by atoms with E-state index in [9.17, 15) is 18.0 Å². The molecule has 0 aliphatic carbocycles. The van der Waals surface area contributed by atoms with Crippen molar-refractivity contribution in [2.24, 2.45) is 0 Å². The first-order chi connectivity index (χ1) is 9.88. The van der Waals surface area contributed by atoms with E-state index in [0.29, 0.717) is 13.1 Å². The summed E-state index contributed by atoms with van der Waals surface area (Å²) in [6, 6.07) is 3.46. The van der Waals surface area contributed by atoms with E-state index in [1.165, 1.54) is 4.90 Å². The van der Waals surface area contributed by atoms with Crippen molar-refractivity contribution in [2.75, 3.05) is 31.1 Å². The second kappa shape index (κ2) is 6.30. The van der Waals surface area contributed by atoms with Crippen molar-refractivity contribution < 1.29 is 23.1 Å². The number of alkyl halides is 3. The van der Waals surface area contributed by atoms with E-state index in [0.717, 1.165) is 5.82 Å². The van der Waals surface area contributed by atoms with Gasteiger partial charge in [0.1, 0.15) is 11.9 Å². The number of nitrogens with zero attached hydrogens (tertiary/aromatic N) is 3. The first-order valence-electron chi connectivity index (χ1n) is 6.56. The largest absolute Gasteiger partial charge is 0.481 e. The van der Waals surface area contributed by atoms with Crippen LogP contribution in [0.15, 0.2) is 24.4 Å². The molecule has 2 rings (SSSR count). The van der Waals surface area contributed by atoms with Crippen molar-refractivity contribution in [2.45, 2.75) is 18.6 Å². The highest BCUT2D eigenvalue weighted by molar-refractivity contribution is 5.67. The van der Waals surface area contributed by atoms with Gasteiger partial charge >= 0.3 is 12.1 Å². The molecule has 21 heavy (non-hydrogen) atoms. The van der Waals surface area contributed by atoms with Crippen LogP contribution in [-0.2, 0) is 4.79 Å². The summed E-state index contributed by atoms with van der Waals surface area (Å²) in [5, 5.41) is 8.66. The normalized spacial score (nSPS) is 18.5. The summed E-state index contributed by atoms with van der Waals surface area (Å²) >= 11 is 0. The molecule has 1 atom stereocenters. The van der Waals surface area contributed by atoms with Gasteiger partial charge in [0.15, 0.2) is 0 Å². The topological polar surface area (TPSA) is 56.7 Å². The average Bonchev–Trinajstić information content (AvgIpc) is 2.45. The number of carboxylic acid groups (broad SMARTS) is 1.